The Balaban J connectivity index is 1.57. The molecule has 0 aliphatic carbocycles. The van der Waals surface area contributed by atoms with Crippen LogP contribution in [0.3, 0.4) is 0 Å². The number of nitrogens with zero attached hydrogens (tertiary/aromatic N) is 2. The van der Waals surface area contributed by atoms with Crippen molar-refractivity contribution in [3.8, 4) is 0 Å². The SMILES string of the molecule is CC(C)(C)[C@@H]1C=C(C(=O)N2CCN(Cc3ccccc3)CC2)O[C@H](OCCCCO)C1. The van der Waals surface area contributed by atoms with Gasteiger partial charge in [-0.2, -0.15) is 0 Å². The van der Waals surface area contributed by atoms with Gasteiger partial charge in [0, 0.05) is 45.8 Å². The Morgan fingerprint density at radius 3 is 2.48 bits per heavy atom. The Bertz CT molecular complexity index is 721. The van der Waals surface area contributed by atoms with Crippen molar-refractivity contribution in [2.45, 2.75) is 52.9 Å². The number of piperazine rings is 1. The summed E-state index contributed by atoms with van der Waals surface area (Å²) in [6, 6.07) is 10.5. The van der Waals surface area contributed by atoms with Crippen LogP contribution in [0.2, 0.25) is 0 Å². The van der Waals surface area contributed by atoms with Gasteiger partial charge >= 0.3 is 0 Å². The summed E-state index contributed by atoms with van der Waals surface area (Å²) in [5.41, 5.74) is 1.32. The normalized spacial score (nSPS) is 22.7. The summed E-state index contributed by atoms with van der Waals surface area (Å²) in [5.74, 6) is 0.606. The third-order valence-electron chi connectivity index (χ3n) is 6.15. The molecule has 1 aromatic rings. The molecule has 6 nitrogen and oxygen atoms in total. The summed E-state index contributed by atoms with van der Waals surface area (Å²) in [5, 5.41) is 8.96. The Morgan fingerprint density at radius 2 is 1.84 bits per heavy atom. The Labute approximate surface area is 186 Å². The number of carbonyl (C=O) groups is 1. The van der Waals surface area contributed by atoms with Gasteiger partial charge in [-0.25, -0.2) is 0 Å². The molecule has 0 aromatic heterocycles. The molecule has 0 unspecified atom stereocenters. The van der Waals surface area contributed by atoms with Crippen LogP contribution < -0.4 is 0 Å². The smallest absolute Gasteiger partial charge is 0.288 e. The van der Waals surface area contributed by atoms with Gasteiger partial charge in [0.1, 0.15) is 0 Å². The fourth-order valence-corrected chi connectivity index (χ4v) is 4.05. The third kappa shape index (κ3) is 7.06. The van der Waals surface area contributed by atoms with Crippen LogP contribution in [0.15, 0.2) is 42.2 Å². The number of benzene rings is 1. The molecule has 1 aromatic carbocycles. The molecular formula is C25H38N2O4. The van der Waals surface area contributed by atoms with Crippen LogP contribution >= 0.6 is 0 Å². The molecule has 2 aliphatic heterocycles. The molecule has 31 heavy (non-hydrogen) atoms. The van der Waals surface area contributed by atoms with Gasteiger partial charge in [-0.1, -0.05) is 51.1 Å². The van der Waals surface area contributed by atoms with E-state index in [1.807, 2.05) is 17.0 Å². The third-order valence-corrected chi connectivity index (χ3v) is 6.15. The van der Waals surface area contributed by atoms with E-state index in [0.717, 1.165) is 32.5 Å². The molecule has 0 radical (unpaired) electrons. The monoisotopic (exact) mass is 430 g/mol. The topological polar surface area (TPSA) is 62.2 Å². The molecule has 2 aliphatic rings. The number of hydrogen-bond donors (Lipinski definition) is 1. The minimum absolute atomic E-state index is 0.0242. The zero-order valence-electron chi connectivity index (χ0n) is 19.3. The standard InChI is InChI=1S/C25H38N2O4/c1-25(2,3)21-17-22(31-23(18-21)30-16-8-7-15-28)24(29)27-13-11-26(12-14-27)19-20-9-5-4-6-10-20/h4-6,9-10,17,21,23,28H,7-8,11-16,18-19H2,1-3H3/t21-,23+/m1/s1. The van der Waals surface area contributed by atoms with Gasteiger partial charge in [0.15, 0.2) is 5.76 Å². The second-order valence-electron chi connectivity index (χ2n) is 9.64. The van der Waals surface area contributed by atoms with E-state index in [9.17, 15) is 4.79 Å². The van der Waals surface area contributed by atoms with E-state index in [2.05, 4.69) is 49.9 Å². The fraction of sp³-hybridized carbons (Fsp3) is 0.640. The van der Waals surface area contributed by atoms with Crippen molar-refractivity contribution in [2.24, 2.45) is 11.3 Å². The van der Waals surface area contributed by atoms with Crippen LogP contribution in [0, 0.1) is 11.3 Å². The first-order valence-corrected chi connectivity index (χ1v) is 11.5. The Hall–Kier alpha value is -1.89. The van der Waals surface area contributed by atoms with Crippen LogP contribution in [0.25, 0.3) is 0 Å². The van der Waals surface area contributed by atoms with Gasteiger partial charge in [-0.05, 0) is 35.8 Å². The average molecular weight is 431 g/mol. The van der Waals surface area contributed by atoms with Crippen molar-refractivity contribution in [2.75, 3.05) is 39.4 Å². The van der Waals surface area contributed by atoms with Crippen molar-refractivity contribution in [3.63, 3.8) is 0 Å². The molecule has 1 N–H and O–H groups in total. The molecule has 172 valence electrons. The predicted molar refractivity (Wildman–Crippen MR) is 121 cm³/mol. The molecule has 6 heteroatoms. The number of aliphatic hydroxyl groups is 1. The predicted octanol–water partition coefficient (Wildman–Crippen LogP) is 3.41. The molecule has 0 saturated carbocycles. The quantitative estimate of drug-likeness (QED) is 0.641. The van der Waals surface area contributed by atoms with E-state index in [0.29, 0.717) is 31.9 Å². The van der Waals surface area contributed by atoms with E-state index in [1.165, 1.54) is 5.56 Å². The molecular weight excluding hydrogens is 392 g/mol. The highest BCUT2D eigenvalue weighted by Gasteiger charge is 2.35. The van der Waals surface area contributed by atoms with Gasteiger partial charge in [0.25, 0.3) is 5.91 Å². The first-order chi connectivity index (χ1) is 14.9. The minimum atomic E-state index is -0.411. The maximum Gasteiger partial charge on any atom is 0.288 e. The average Bonchev–Trinajstić information content (AvgIpc) is 2.77. The summed E-state index contributed by atoms with van der Waals surface area (Å²) in [7, 11) is 0. The van der Waals surface area contributed by atoms with E-state index < -0.39 is 6.29 Å². The fourth-order valence-electron chi connectivity index (χ4n) is 4.05. The van der Waals surface area contributed by atoms with E-state index in [4.69, 9.17) is 14.6 Å². The van der Waals surface area contributed by atoms with E-state index in [-0.39, 0.29) is 23.8 Å². The van der Waals surface area contributed by atoms with Gasteiger partial charge in [-0.15, -0.1) is 0 Å². The number of amides is 1. The Morgan fingerprint density at radius 1 is 1.13 bits per heavy atom. The first-order valence-electron chi connectivity index (χ1n) is 11.5. The highest BCUT2D eigenvalue weighted by atomic mass is 16.7. The van der Waals surface area contributed by atoms with Crippen molar-refractivity contribution in [1.82, 2.24) is 9.80 Å². The zero-order valence-corrected chi connectivity index (χ0v) is 19.3. The van der Waals surface area contributed by atoms with Crippen LogP contribution in [0.1, 0.15) is 45.6 Å². The van der Waals surface area contributed by atoms with Crippen molar-refractivity contribution < 1.29 is 19.4 Å². The number of ether oxygens (including phenoxy) is 2. The number of aliphatic hydroxyl groups excluding tert-OH is 1. The zero-order chi connectivity index (χ0) is 22.3. The number of carbonyl (C=O) groups excluding carboxylic acids is 1. The number of hydrogen-bond acceptors (Lipinski definition) is 5. The Kier molecular flexibility index (Phi) is 8.52. The minimum Gasteiger partial charge on any atom is -0.459 e. The lowest BCUT2D eigenvalue weighted by atomic mass is 9.77. The van der Waals surface area contributed by atoms with Crippen molar-refractivity contribution in [1.29, 1.82) is 0 Å². The second kappa shape index (κ2) is 11.1. The molecule has 3 rings (SSSR count). The molecule has 1 fully saturated rings. The summed E-state index contributed by atoms with van der Waals surface area (Å²) in [6.07, 6.45) is 3.83. The molecule has 1 amide bonds. The molecule has 0 spiro atoms. The van der Waals surface area contributed by atoms with E-state index >= 15 is 0 Å². The molecule has 0 bridgehead atoms. The van der Waals surface area contributed by atoms with E-state index in [1.54, 1.807) is 0 Å². The summed E-state index contributed by atoms with van der Waals surface area (Å²) in [6.45, 7) is 11.3. The highest BCUT2D eigenvalue weighted by molar-refractivity contribution is 5.91. The van der Waals surface area contributed by atoms with Gasteiger partial charge < -0.3 is 19.5 Å². The number of rotatable bonds is 8. The maximum absolute atomic E-state index is 13.2. The lowest BCUT2D eigenvalue weighted by Crippen LogP contribution is -2.49. The molecule has 2 heterocycles. The van der Waals surface area contributed by atoms with Crippen molar-refractivity contribution in [3.05, 3.63) is 47.7 Å². The van der Waals surface area contributed by atoms with Crippen LogP contribution in [-0.4, -0.2) is 66.5 Å². The lowest BCUT2D eigenvalue weighted by molar-refractivity contribution is -0.159. The lowest BCUT2D eigenvalue weighted by Gasteiger charge is -2.39. The number of unbranched alkanes of at least 4 members (excludes halogenated alkanes) is 1. The second-order valence-corrected chi connectivity index (χ2v) is 9.64. The largest absolute Gasteiger partial charge is 0.459 e. The van der Waals surface area contributed by atoms with Gasteiger partial charge in [0.05, 0.1) is 6.61 Å². The highest BCUT2D eigenvalue weighted by Crippen LogP contribution is 2.36. The van der Waals surface area contributed by atoms with Crippen molar-refractivity contribution >= 4 is 5.91 Å². The van der Waals surface area contributed by atoms with Gasteiger partial charge in [0.2, 0.25) is 6.29 Å². The molecule has 1 saturated heterocycles. The summed E-state index contributed by atoms with van der Waals surface area (Å²) in [4.78, 5) is 17.5. The summed E-state index contributed by atoms with van der Waals surface area (Å²) < 4.78 is 11.9. The van der Waals surface area contributed by atoms with Crippen LogP contribution in [-0.2, 0) is 20.8 Å². The van der Waals surface area contributed by atoms with Gasteiger partial charge in [-0.3, -0.25) is 9.69 Å². The first kappa shape index (κ1) is 23.8. The molecule has 2 atom stereocenters. The summed E-state index contributed by atoms with van der Waals surface area (Å²) >= 11 is 0. The van der Waals surface area contributed by atoms with Crippen LogP contribution in [0.4, 0.5) is 0 Å². The number of allylic oxidation sites excluding steroid dienone is 1. The maximum atomic E-state index is 13.2. The van der Waals surface area contributed by atoms with Crippen LogP contribution in [0.5, 0.6) is 0 Å².